The summed E-state index contributed by atoms with van der Waals surface area (Å²) < 4.78 is 0. The lowest BCUT2D eigenvalue weighted by Gasteiger charge is -2.36. The molecule has 4 nitrogen and oxygen atoms in total. The van der Waals surface area contributed by atoms with Crippen LogP contribution < -0.4 is 4.90 Å². The number of phenolic OH excluding ortho intramolecular Hbond substituents is 1. The largest absolute Gasteiger partial charge is 0.508 e. The number of para-hydroxylation sites is 1. The molecule has 1 aliphatic rings. The standard InChI is InChI=1S/C20H21N3O/c24-18-7-1-4-16(14-18)15-22-10-12-23(13-11-22)19-8-2-5-17-6-3-9-21-20(17)19/h1-9,14,24H,10-13,15H2. The molecule has 0 aliphatic carbocycles. The van der Waals surface area contributed by atoms with E-state index in [0.29, 0.717) is 5.75 Å². The van der Waals surface area contributed by atoms with Gasteiger partial charge in [-0.25, -0.2) is 0 Å². The molecule has 0 bridgehead atoms. The lowest BCUT2D eigenvalue weighted by atomic mass is 10.1. The minimum Gasteiger partial charge on any atom is -0.508 e. The number of aromatic hydroxyl groups is 1. The lowest BCUT2D eigenvalue weighted by molar-refractivity contribution is 0.249. The van der Waals surface area contributed by atoms with Gasteiger partial charge in [-0.15, -0.1) is 0 Å². The second kappa shape index (κ2) is 6.49. The summed E-state index contributed by atoms with van der Waals surface area (Å²) in [7, 11) is 0. The molecule has 24 heavy (non-hydrogen) atoms. The van der Waals surface area contributed by atoms with Gasteiger partial charge >= 0.3 is 0 Å². The summed E-state index contributed by atoms with van der Waals surface area (Å²) in [6.07, 6.45) is 1.87. The van der Waals surface area contributed by atoms with Gasteiger partial charge in [-0.05, 0) is 29.8 Å². The van der Waals surface area contributed by atoms with Crippen LogP contribution in [-0.2, 0) is 6.54 Å². The fourth-order valence-electron chi connectivity index (χ4n) is 3.40. The van der Waals surface area contributed by atoms with Crippen molar-refractivity contribution in [2.24, 2.45) is 0 Å². The monoisotopic (exact) mass is 319 g/mol. The predicted molar refractivity (Wildman–Crippen MR) is 97.3 cm³/mol. The molecule has 1 saturated heterocycles. The van der Waals surface area contributed by atoms with Gasteiger partial charge in [-0.2, -0.15) is 0 Å². The van der Waals surface area contributed by atoms with Crippen LogP contribution in [0.15, 0.2) is 60.8 Å². The first-order valence-corrected chi connectivity index (χ1v) is 8.38. The topological polar surface area (TPSA) is 39.6 Å². The van der Waals surface area contributed by atoms with E-state index < -0.39 is 0 Å². The molecule has 0 spiro atoms. The van der Waals surface area contributed by atoms with Crippen molar-refractivity contribution in [1.29, 1.82) is 0 Å². The van der Waals surface area contributed by atoms with Gasteiger partial charge in [0.1, 0.15) is 5.75 Å². The molecule has 4 heteroatoms. The molecule has 3 aromatic rings. The first-order valence-electron chi connectivity index (χ1n) is 8.38. The fourth-order valence-corrected chi connectivity index (χ4v) is 3.40. The lowest BCUT2D eigenvalue weighted by Crippen LogP contribution is -2.46. The predicted octanol–water partition coefficient (Wildman–Crippen LogP) is 3.26. The van der Waals surface area contributed by atoms with Crippen molar-refractivity contribution in [1.82, 2.24) is 9.88 Å². The Morgan fingerprint density at radius 3 is 2.54 bits per heavy atom. The molecule has 2 heterocycles. The highest BCUT2D eigenvalue weighted by molar-refractivity contribution is 5.90. The Bertz CT molecular complexity index is 836. The van der Waals surface area contributed by atoms with Crippen molar-refractivity contribution in [3.05, 3.63) is 66.4 Å². The van der Waals surface area contributed by atoms with E-state index in [-0.39, 0.29) is 0 Å². The number of phenols is 1. The molecular weight excluding hydrogens is 298 g/mol. The van der Waals surface area contributed by atoms with E-state index in [1.54, 1.807) is 6.07 Å². The first-order chi connectivity index (χ1) is 11.8. The second-order valence-corrected chi connectivity index (χ2v) is 6.29. The molecular formula is C20H21N3O. The summed E-state index contributed by atoms with van der Waals surface area (Å²) >= 11 is 0. The van der Waals surface area contributed by atoms with Crippen LogP contribution in [0.25, 0.3) is 10.9 Å². The Kier molecular flexibility index (Phi) is 4.05. The molecule has 0 saturated carbocycles. The number of fused-ring (bicyclic) bond motifs is 1. The van der Waals surface area contributed by atoms with Gasteiger partial charge in [-0.1, -0.05) is 30.3 Å². The van der Waals surface area contributed by atoms with E-state index in [1.807, 2.05) is 24.4 Å². The quantitative estimate of drug-likeness (QED) is 0.804. The Hall–Kier alpha value is -2.59. The smallest absolute Gasteiger partial charge is 0.115 e. The number of benzene rings is 2. The molecule has 1 aromatic heterocycles. The molecule has 0 atom stereocenters. The highest BCUT2D eigenvalue weighted by Crippen LogP contribution is 2.26. The van der Waals surface area contributed by atoms with Gasteiger partial charge in [-0.3, -0.25) is 9.88 Å². The first kappa shape index (κ1) is 15.0. The molecule has 1 aliphatic heterocycles. The Morgan fingerprint density at radius 1 is 0.917 bits per heavy atom. The van der Waals surface area contributed by atoms with Gasteiger partial charge < -0.3 is 10.0 Å². The van der Waals surface area contributed by atoms with Crippen LogP contribution in [0.2, 0.25) is 0 Å². The minimum absolute atomic E-state index is 0.341. The van der Waals surface area contributed by atoms with Crippen molar-refractivity contribution in [3.63, 3.8) is 0 Å². The summed E-state index contributed by atoms with van der Waals surface area (Å²) in [6, 6.07) is 18.0. The van der Waals surface area contributed by atoms with Crippen molar-refractivity contribution >= 4 is 16.6 Å². The Morgan fingerprint density at radius 2 is 1.71 bits per heavy atom. The van der Waals surface area contributed by atoms with Gasteiger partial charge in [0.25, 0.3) is 0 Å². The van der Waals surface area contributed by atoms with Crippen molar-refractivity contribution in [2.75, 3.05) is 31.1 Å². The van der Waals surface area contributed by atoms with E-state index in [9.17, 15) is 5.11 Å². The van der Waals surface area contributed by atoms with Gasteiger partial charge in [0.15, 0.2) is 0 Å². The van der Waals surface area contributed by atoms with Crippen molar-refractivity contribution in [3.8, 4) is 5.75 Å². The summed E-state index contributed by atoms with van der Waals surface area (Å²) in [5.41, 5.74) is 3.47. The van der Waals surface area contributed by atoms with Gasteiger partial charge in [0.05, 0.1) is 11.2 Å². The number of rotatable bonds is 3. The molecule has 1 fully saturated rings. The maximum atomic E-state index is 9.60. The zero-order valence-electron chi connectivity index (χ0n) is 13.6. The summed E-state index contributed by atoms with van der Waals surface area (Å²) in [5, 5.41) is 10.8. The van der Waals surface area contributed by atoms with Crippen LogP contribution in [0, 0.1) is 0 Å². The third-order valence-electron chi connectivity index (χ3n) is 4.64. The van der Waals surface area contributed by atoms with E-state index in [0.717, 1.165) is 43.8 Å². The van der Waals surface area contributed by atoms with Crippen LogP contribution in [0.4, 0.5) is 5.69 Å². The molecule has 2 aromatic carbocycles. The van der Waals surface area contributed by atoms with Gasteiger partial charge in [0, 0.05) is 44.3 Å². The summed E-state index contributed by atoms with van der Waals surface area (Å²) in [4.78, 5) is 9.43. The van der Waals surface area contributed by atoms with Crippen LogP contribution in [-0.4, -0.2) is 41.2 Å². The number of nitrogens with zero attached hydrogens (tertiary/aromatic N) is 3. The van der Waals surface area contributed by atoms with Gasteiger partial charge in [0.2, 0.25) is 0 Å². The molecule has 1 N–H and O–H groups in total. The number of piperazine rings is 1. The molecule has 122 valence electrons. The fraction of sp³-hybridized carbons (Fsp3) is 0.250. The Labute approximate surface area is 142 Å². The average Bonchev–Trinajstić information content (AvgIpc) is 2.62. The van der Waals surface area contributed by atoms with Crippen molar-refractivity contribution < 1.29 is 5.11 Å². The summed E-state index contributed by atoms with van der Waals surface area (Å²) in [6.45, 7) is 4.90. The van der Waals surface area contributed by atoms with E-state index >= 15 is 0 Å². The zero-order chi connectivity index (χ0) is 16.4. The zero-order valence-corrected chi connectivity index (χ0v) is 13.6. The average molecular weight is 319 g/mol. The maximum Gasteiger partial charge on any atom is 0.115 e. The number of pyridine rings is 1. The third-order valence-corrected chi connectivity index (χ3v) is 4.64. The molecule has 0 amide bonds. The van der Waals surface area contributed by atoms with Crippen LogP contribution in [0.1, 0.15) is 5.56 Å². The number of aromatic nitrogens is 1. The second-order valence-electron chi connectivity index (χ2n) is 6.29. The molecule has 4 rings (SSSR count). The van der Waals surface area contributed by atoms with Crippen LogP contribution >= 0.6 is 0 Å². The van der Waals surface area contributed by atoms with Crippen LogP contribution in [0.5, 0.6) is 5.75 Å². The SMILES string of the molecule is Oc1cccc(CN2CCN(c3cccc4cccnc34)CC2)c1. The molecule has 0 unspecified atom stereocenters. The minimum atomic E-state index is 0.341. The van der Waals surface area contributed by atoms with E-state index in [2.05, 4.69) is 45.1 Å². The third kappa shape index (κ3) is 3.05. The normalized spacial score (nSPS) is 15.8. The number of hydrogen-bond acceptors (Lipinski definition) is 4. The highest BCUT2D eigenvalue weighted by Gasteiger charge is 2.19. The number of anilines is 1. The Balaban J connectivity index is 1.46. The summed E-state index contributed by atoms with van der Waals surface area (Å²) in [5.74, 6) is 0.341. The number of hydrogen-bond donors (Lipinski definition) is 1. The van der Waals surface area contributed by atoms with Crippen molar-refractivity contribution in [2.45, 2.75) is 6.54 Å². The van der Waals surface area contributed by atoms with E-state index in [1.165, 1.54) is 11.1 Å². The van der Waals surface area contributed by atoms with E-state index in [4.69, 9.17) is 0 Å². The highest BCUT2D eigenvalue weighted by atomic mass is 16.3. The van der Waals surface area contributed by atoms with Crippen LogP contribution in [0.3, 0.4) is 0 Å². The molecule has 0 radical (unpaired) electrons. The maximum absolute atomic E-state index is 9.60.